The lowest BCUT2D eigenvalue weighted by molar-refractivity contribution is 0.0696. The highest BCUT2D eigenvalue weighted by molar-refractivity contribution is 5.97. The lowest BCUT2D eigenvalue weighted by Gasteiger charge is -2.06. The molecular weight excluding hydrogens is 296 g/mol. The zero-order chi connectivity index (χ0) is 16.4. The van der Waals surface area contributed by atoms with Crippen molar-refractivity contribution in [2.75, 3.05) is 5.73 Å². The topological polar surface area (TPSA) is 121 Å². The van der Waals surface area contributed by atoms with Crippen molar-refractivity contribution in [3.05, 3.63) is 59.2 Å². The predicted octanol–water partition coefficient (Wildman–Crippen LogP) is 1.77. The first-order chi connectivity index (χ1) is 11.0. The molecule has 2 aromatic carbocycles. The Labute approximate surface area is 131 Å². The van der Waals surface area contributed by atoms with Gasteiger partial charge >= 0.3 is 5.97 Å². The molecule has 0 spiro atoms. The van der Waals surface area contributed by atoms with Gasteiger partial charge in [0.1, 0.15) is 0 Å². The first-order valence-corrected chi connectivity index (χ1v) is 6.88. The molecule has 0 fully saturated rings. The fraction of sp³-hybridized carbons (Fsp3) is 0.0625. The summed E-state index contributed by atoms with van der Waals surface area (Å²) < 4.78 is 0. The monoisotopic (exact) mass is 310 g/mol. The Morgan fingerprint density at radius 2 is 2.00 bits per heavy atom. The smallest absolute Gasteiger partial charge is 0.335 e. The average molecular weight is 310 g/mol. The van der Waals surface area contributed by atoms with E-state index in [1.165, 1.54) is 12.1 Å². The molecule has 3 rings (SSSR count). The lowest BCUT2D eigenvalue weighted by atomic mass is 10.1. The predicted molar refractivity (Wildman–Crippen MR) is 85.1 cm³/mol. The molecule has 0 aliphatic rings. The molecular formula is C16H14N4O3. The van der Waals surface area contributed by atoms with E-state index in [0.29, 0.717) is 22.6 Å². The van der Waals surface area contributed by atoms with Crippen molar-refractivity contribution in [3.8, 4) is 0 Å². The van der Waals surface area contributed by atoms with Crippen LogP contribution in [0.1, 0.15) is 26.3 Å². The maximum absolute atomic E-state index is 12.2. The van der Waals surface area contributed by atoms with Crippen molar-refractivity contribution in [1.82, 2.24) is 15.3 Å². The van der Waals surface area contributed by atoms with E-state index in [2.05, 4.69) is 15.3 Å². The van der Waals surface area contributed by atoms with Crippen LogP contribution in [0, 0.1) is 0 Å². The number of nitrogens with one attached hydrogen (secondary N) is 2. The standard InChI is InChI=1S/C16H14N4O3/c17-16-19-12-5-4-10(7-13(12)20-16)14(21)18-8-9-2-1-3-11(6-9)15(22)23/h1-7H,8H2,(H,18,21)(H,22,23)(H3,17,19,20). The number of fused-ring (bicyclic) bond motifs is 1. The van der Waals surface area contributed by atoms with Gasteiger partial charge in [0.2, 0.25) is 0 Å². The molecule has 0 saturated carbocycles. The van der Waals surface area contributed by atoms with E-state index in [-0.39, 0.29) is 18.0 Å². The number of carboxylic acid groups (broad SMARTS) is 1. The van der Waals surface area contributed by atoms with Crippen molar-refractivity contribution in [3.63, 3.8) is 0 Å². The number of aromatic amines is 1. The molecule has 116 valence electrons. The number of nitrogens with two attached hydrogens (primary N) is 1. The molecule has 23 heavy (non-hydrogen) atoms. The molecule has 7 nitrogen and oxygen atoms in total. The largest absolute Gasteiger partial charge is 0.478 e. The van der Waals surface area contributed by atoms with E-state index in [9.17, 15) is 9.59 Å². The maximum Gasteiger partial charge on any atom is 0.335 e. The minimum absolute atomic E-state index is 0.185. The summed E-state index contributed by atoms with van der Waals surface area (Å²) >= 11 is 0. The maximum atomic E-state index is 12.2. The van der Waals surface area contributed by atoms with Crippen LogP contribution in [-0.4, -0.2) is 27.0 Å². The number of H-pyrrole nitrogens is 1. The third-order valence-corrected chi connectivity index (χ3v) is 3.39. The Hall–Kier alpha value is -3.35. The molecule has 7 heteroatoms. The van der Waals surface area contributed by atoms with Gasteiger partial charge < -0.3 is 21.1 Å². The number of nitrogen functional groups attached to an aromatic ring is 1. The quantitative estimate of drug-likeness (QED) is 0.585. The first kappa shape index (κ1) is 14.6. The van der Waals surface area contributed by atoms with Crippen LogP contribution in [0.25, 0.3) is 11.0 Å². The average Bonchev–Trinajstić information content (AvgIpc) is 2.91. The molecule has 0 aliphatic carbocycles. The van der Waals surface area contributed by atoms with E-state index >= 15 is 0 Å². The van der Waals surface area contributed by atoms with Gasteiger partial charge in [-0.05, 0) is 35.9 Å². The number of aromatic nitrogens is 2. The zero-order valence-corrected chi connectivity index (χ0v) is 12.0. The number of carbonyl (C=O) groups is 2. The van der Waals surface area contributed by atoms with Crippen molar-refractivity contribution in [2.45, 2.75) is 6.54 Å². The van der Waals surface area contributed by atoms with Crippen LogP contribution >= 0.6 is 0 Å². The number of hydrogen-bond donors (Lipinski definition) is 4. The van der Waals surface area contributed by atoms with E-state index in [1.54, 1.807) is 30.3 Å². The Bertz CT molecular complexity index is 901. The highest BCUT2D eigenvalue weighted by atomic mass is 16.4. The van der Waals surface area contributed by atoms with Crippen LogP contribution < -0.4 is 11.1 Å². The lowest BCUT2D eigenvalue weighted by Crippen LogP contribution is -2.22. The van der Waals surface area contributed by atoms with E-state index in [0.717, 1.165) is 5.52 Å². The third kappa shape index (κ3) is 3.13. The minimum Gasteiger partial charge on any atom is -0.478 e. The van der Waals surface area contributed by atoms with Crippen molar-refractivity contribution in [1.29, 1.82) is 0 Å². The molecule has 0 bridgehead atoms. The number of benzene rings is 2. The summed E-state index contributed by atoms with van der Waals surface area (Å²) in [5.74, 6) is -0.975. The van der Waals surface area contributed by atoms with Crippen LogP contribution in [0.5, 0.6) is 0 Å². The molecule has 0 aliphatic heterocycles. The second-order valence-corrected chi connectivity index (χ2v) is 5.04. The van der Waals surface area contributed by atoms with Gasteiger partial charge in [-0.15, -0.1) is 0 Å². The van der Waals surface area contributed by atoms with Crippen LogP contribution in [0.4, 0.5) is 5.95 Å². The normalized spacial score (nSPS) is 10.6. The second-order valence-electron chi connectivity index (χ2n) is 5.04. The summed E-state index contributed by atoms with van der Waals surface area (Å²) in [5.41, 5.74) is 8.30. The molecule has 1 amide bonds. The van der Waals surface area contributed by atoms with Gasteiger partial charge in [-0.3, -0.25) is 4.79 Å². The van der Waals surface area contributed by atoms with Crippen LogP contribution in [0.2, 0.25) is 0 Å². The van der Waals surface area contributed by atoms with Crippen LogP contribution in [0.3, 0.4) is 0 Å². The molecule has 0 unspecified atom stereocenters. The van der Waals surface area contributed by atoms with Crippen LogP contribution in [-0.2, 0) is 6.54 Å². The number of imidazole rings is 1. The number of anilines is 1. The molecule has 0 radical (unpaired) electrons. The van der Waals surface area contributed by atoms with E-state index in [1.807, 2.05) is 0 Å². The van der Waals surface area contributed by atoms with Gasteiger partial charge in [0.05, 0.1) is 16.6 Å². The van der Waals surface area contributed by atoms with Crippen molar-refractivity contribution < 1.29 is 14.7 Å². The van der Waals surface area contributed by atoms with Crippen molar-refractivity contribution in [2.24, 2.45) is 0 Å². The first-order valence-electron chi connectivity index (χ1n) is 6.88. The molecule has 0 atom stereocenters. The number of carboxylic acids is 1. The number of rotatable bonds is 4. The van der Waals surface area contributed by atoms with Gasteiger partial charge in [-0.25, -0.2) is 9.78 Å². The zero-order valence-electron chi connectivity index (χ0n) is 12.0. The van der Waals surface area contributed by atoms with Gasteiger partial charge in [-0.2, -0.15) is 0 Å². The summed E-state index contributed by atoms with van der Waals surface area (Å²) in [7, 11) is 0. The number of aromatic carboxylic acids is 1. The second kappa shape index (κ2) is 5.80. The summed E-state index contributed by atoms with van der Waals surface area (Å²) in [6, 6.07) is 11.5. The van der Waals surface area contributed by atoms with E-state index < -0.39 is 5.97 Å². The van der Waals surface area contributed by atoms with Crippen LogP contribution in [0.15, 0.2) is 42.5 Å². The van der Waals surface area contributed by atoms with E-state index in [4.69, 9.17) is 10.8 Å². The van der Waals surface area contributed by atoms with Gasteiger partial charge in [0.25, 0.3) is 5.91 Å². The summed E-state index contributed by atoms with van der Waals surface area (Å²) in [4.78, 5) is 30.1. The molecule has 5 N–H and O–H groups in total. The molecule has 1 aromatic heterocycles. The number of nitrogens with zero attached hydrogens (tertiary/aromatic N) is 1. The van der Waals surface area contributed by atoms with Gasteiger partial charge in [-0.1, -0.05) is 12.1 Å². The Morgan fingerprint density at radius 3 is 2.78 bits per heavy atom. The Balaban J connectivity index is 1.73. The van der Waals surface area contributed by atoms with Gasteiger partial charge in [0, 0.05) is 12.1 Å². The molecule has 3 aromatic rings. The summed E-state index contributed by atoms with van der Waals surface area (Å²) in [6.07, 6.45) is 0. The fourth-order valence-electron chi connectivity index (χ4n) is 2.27. The SMILES string of the molecule is Nc1nc2cc(C(=O)NCc3cccc(C(=O)O)c3)ccc2[nH]1. The molecule has 0 saturated heterocycles. The molecule has 1 heterocycles. The fourth-order valence-corrected chi connectivity index (χ4v) is 2.27. The number of hydrogen-bond acceptors (Lipinski definition) is 4. The number of carbonyl (C=O) groups excluding carboxylic acids is 1. The number of amides is 1. The van der Waals surface area contributed by atoms with Gasteiger partial charge in [0.15, 0.2) is 5.95 Å². The highest BCUT2D eigenvalue weighted by Gasteiger charge is 2.09. The minimum atomic E-state index is -1.00. The Kier molecular flexibility index (Phi) is 3.68. The van der Waals surface area contributed by atoms with Crippen molar-refractivity contribution >= 4 is 28.9 Å². The summed E-state index contributed by atoms with van der Waals surface area (Å²) in [6.45, 7) is 0.237. The Morgan fingerprint density at radius 1 is 1.17 bits per heavy atom. The highest BCUT2D eigenvalue weighted by Crippen LogP contribution is 2.15. The third-order valence-electron chi connectivity index (χ3n) is 3.39. The summed E-state index contributed by atoms with van der Waals surface area (Å²) in [5, 5.41) is 11.7.